The van der Waals surface area contributed by atoms with E-state index in [1.54, 1.807) is 24.3 Å². The summed E-state index contributed by atoms with van der Waals surface area (Å²) in [7, 11) is 5.77. The minimum absolute atomic E-state index is 0.0608. The highest BCUT2D eigenvalue weighted by Crippen LogP contribution is 2.43. The highest BCUT2D eigenvalue weighted by Gasteiger charge is 2.41. The number of nitro groups is 1. The first-order valence-electron chi connectivity index (χ1n) is 17.7. The molecule has 0 saturated carbocycles. The maximum absolute atomic E-state index is 13.4. The Bertz CT molecular complexity index is 2160. The van der Waals surface area contributed by atoms with Crippen molar-refractivity contribution >= 4 is 53.5 Å². The molecular weight excluding hydrogens is 703 g/mol. The second-order valence-corrected chi connectivity index (χ2v) is 18.4. The lowest BCUT2D eigenvalue weighted by molar-refractivity contribution is -0.462. The van der Waals surface area contributed by atoms with Crippen LogP contribution in [0.5, 0.6) is 0 Å². The highest BCUT2D eigenvalue weighted by atomic mass is 28.3. The van der Waals surface area contributed by atoms with Crippen molar-refractivity contribution < 1.29 is 33.7 Å². The van der Waals surface area contributed by atoms with Gasteiger partial charge in [-0.2, -0.15) is 0 Å². The van der Waals surface area contributed by atoms with E-state index in [0.29, 0.717) is 49.4 Å². The molecule has 2 aliphatic rings. The molecule has 1 aliphatic heterocycles. The zero-order chi connectivity index (χ0) is 39.2. The van der Waals surface area contributed by atoms with Crippen LogP contribution in [-0.4, -0.2) is 101 Å². The maximum Gasteiger partial charge on any atom is 0.336 e. The van der Waals surface area contributed by atoms with Gasteiger partial charge in [-0.05, 0) is 81.9 Å². The predicted octanol–water partition coefficient (Wildman–Crippen LogP) is 5.78. The van der Waals surface area contributed by atoms with Crippen molar-refractivity contribution in [1.82, 2.24) is 5.32 Å². The highest BCUT2D eigenvalue weighted by molar-refractivity contribution is 6.98. The van der Waals surface area contributed by atoms with E-state index in [0.717, 1.165) is 28.1 Å². The van der Waals surface area contributed by atoms with Crippen molar-refractivity contribution in [2.24, 2.45) is 0 Å². The third-order valence-electron chi connectivity index (χ3n) is 9.74. The van der Waals surface area contributed by atoms with Crippen LogP contribution in [0.25, 0.3) is 10.4 Å². The van der Waals surface area contributed by atoms with E-state index in [9.17, 15) is 24.8 Å². The number of carbonyl (C=O) groups is 2. The molecule has 0 saturated heterocycles. The molecule has 1 aliphatic carbocycles. The lowest BCUT2D eigenvalue weighted by atomic mass is 9.86. The lowest BCUT2D eigenvalue weighted by Gasteiger charge is -2.38. The molecule has 0 bridgehead atoms. The smallest absolute Gasteiger partial charge is 0.336 e. The summed E-state index contributed by atoms with van der Waals surface area (Å²) in [5.41, 5.74) is 6.57. The van der Waals surface area contributed by atoms with Gasteiger partial charge in [0.25, 0.3) is 11.6 Å². The second-order valence-electron chi connectivity index (χ2n) is 14.1. The number of nitrogens with one attached hydrogen (secondary N) is 1. The van der Waals surface area contributed by atoms with Gasteiger partial charge in [0.15, 0.2) is 11.4 Å². The first-order chi connectivity index (χ1) is 25.7. The summed E-state index contributed by atoms with van der Waals surface area (Å²) in [5.74, 6) is -1.42. The quantitative estimate of drug-likeness (QED) is 0.0498. The number of carboxylic acid groups (broad SMARTS) is 1. The monoisotopic (exact) mass is 748 g/mol. The number of carboxylic acids is 1. The van der Waals surface area contributed by atoms with Crippen molar-refractivity contribution in [2.75, 3.05) is 66.1 Å². The SMILES string of the molecule is [C-]#[N+]c1ccc(CCCOCCOCCNC(=O)c2ccc(C(=O)O)c(C3=C4C=CC(=[N+](C)C)C=C4[Si](C)(C)c4cc(N(C)C)ccc43)c2)c([N+](=O)[O-])c1. The van der Waals surface area contributed by atoms with Crippen LogP contribution in [-0.2, 0) is 15.9 Å². The molecule has 0 aromatic heterocycles. The summed E-state index contributed by atoms with van der Waals surface area (Å²) in [6, 6.07) is 15.6. The van der Waals surface area contributed by atoms with Crippen molar-refractivity contribution in [2.45, 2.75) is 25.9 Å². The molecule has 0 fully saturated rings. The molecule has 280 valence electrons. The van der Waals surface area contributed by atoms with Crippen LogP contribution >= 0.6 is 0 Å². The van der Waals surface area contributed by atoms with E-state index in [1.165, 1.54) is 22.5 Å². The Morgan fingerprint density at radius 3 is 2.37 bits per heavy atom. The number of ether oxygens (including phenoxy) is 2. The van der Waals surface area contributed by atoms with Gasteiger partial charge in [0.1, 0.15) is 22.2 Å². The summed E-state index contributed by atoms with van der Waals surface area (Å²) in [4.78, 5) is 42.3. The number of benzene rings is 3. The topological polar surface area (TPSA) is 139 Å². The third-order valence-corrected chi connectivity index (χ3v) is 13.3. The van der Waals surface area contributed by atoms with Gasteiger partial charge in [0, 0.05) is 62.3 Å². The first-order valence-corrected chi connectivity index (χ1v) is 20.7. The van der Waals surface area contributed by atoms with Crippen LogP contribution in [0.4, 0.5) is 17.1 Å². The van der Waals surface area contributed by atoms with Crippen LogP contribution in [0.2, 0.25) is 13.1 Å². The molecule has 1 amide bonds. The number of nitrogens with zero attached hydrogens (tertiary/aromatic N) is 4. The molecule has 0 radical (unpaired) electrons. The largest absolute Gasteiger partial charge is 0.478 e. The van der Waals surface area contributed by atoms with Crippen LogP contribution < -0.4 is 15.4 Å². The Balaban J connectivity index is 1.25. The fourth-order valence-corrected chi connectivity index (χ4v) is 9.85. The van der Waals surface area contributed by atoms with Crippen LogP contribution in [0, 0.1) is 16.7 Å². The Morgan fingerprint density at radius 1 is 0.963 bits per heavy atom. The number of nitro benzene ring substituents is 1. The standard InChI is InChI=1S/C41H45N5O7Si/c1-42-29-12-10-27(36(24-29)46(50)51)9-8-19-52-21-22-53-20-18-43-40(47)28-11-15-32(41(48)49)35(23-28)39-33-16-13-30(44(2)3)25-37(33)54(6,7)38-26-31(45(4)5)14-17-34(38)39/h10-17,23-26H,8-9,18-22H2,2-7H3,(H-,43,47,48,49)/p+1. The van der Waals surface area contributed by atoms with Crippen molar-refractivity contribution in [3.05, 3.63) is 133 Å². The molecule has 54 heavy (non-hydrogen) atoms. The number of carbonyl (C=O) groups excluding carboxylic acids is 1. The molecule has 5 rings (SSSR count). The summed E-state index contributed by atoms with van der Waals surface area (Å²) >= 11 is 0. The van der Waals surface area contributed by atoms with Gasteiger partial charge in [-0.15, -0.1) is 0 Å². The summed E-state index contributed by atoms with van der Waals surface area (Å²) in [5, 5.41) is 27.0. The van der Waals surface area contributed by atoms with Gasteiger partial charge in [-0.1, -0.05) is 31.3 Å². The van der Waals surface area contributed by atoms with Gasteiger partial charge in [0.2, 0.25) is 0 Å². The second kappa shape index (κ2) is 17.0. The van der Waals surface area contributed by atoms with Crippen LogP contribution in [0.1, 0.15) is 43.8 Å². The van der Waals surface area contributed by atoms with E-state index in [4.69, 9.17) is 16.0 Å². The number of hydrogen-bond acceptors (Lipinski definition) is 7. The minimum atomic E-state index is -2.26. The zero-order valence-corrected chi connectivity index (χ0v) is 32.6. The summed E-state index contributed by atoms with van der Waals surface area (Å²) in [6.07, 6.45) is 7.38. The number of aromatic carboxylic acids is 1. The molecule has 2 N–H and O–H groups in total. The fourth-order valence-electron chi connectivity index (χ4n) is 6.78. The van der Waals surface area contributed by atoms with Crippen molar-refractivity contribution in [3.63, 3.8) is 0 Å². The Kier molecular flexibility index (Phi) is 12.4. The number of rotatable bonds is 15. The van der Waals surface area contributed by atoms with Gasteiger partial charge < -0.3 is 24.8 Å². The Morgan fingerprint density at radius 2 is 1.70 bits per heavy atom. The zero-order valence-electron chi connectivity index (χ0n) is 31.6. The molecule has 0 unspecified atom stereocenters. The van der Waals surface area contributed by atoms with Crippen molar-refractivity contribution in [3.8, 4) is 0 Å². The average Bonchev–Trinajstić information content (AvgIpc) is 3.15. The van der Waals surface area contributed by atoms with Crippen LogP contribution in [0.15, 0.2) is 83.6 Å². The number of allylic oxidation sites excluding steroid dienone is 5. The molecule has 13 heteroatoms. The van der Waals surface area contributed by atoms with Gasteiger partial charge in [0.05, 0.1) is 36.9 Å². The molecule has 3 aromatic rings. The molecule has 1 heterocycles. The van der Waals surface area contributed by atoms with E-state index in [2.05, 4.69) is 69.2 Å². The van der Waals surface area contributed by atoms with E-state index < -0.39 is 19.0 Å². The summed E-state index contributed by atoms with van der Waals surface area (Å²) in [6.45, 7) is 13.2. The summed E-state index contributed by atoms with van der Waals surface area (Å²) < 4.78 is 13.3. The third kappa shape index (κ3) is 8.58. The molecule has 0 spiro atoms. The van der Waals surface area contributed by atoms with Crippen molar-refractivity contribution in [1.29, 1.82) is 0 Å². The van der Waals surface area contributed by atoms with Gasteiger partial charge in [-0.3, -0.25) is 14.9 Å². The number of fused-ring (bicyclic) bond motifs is 2. The number of anilines is 1. The van der Waals surface area contributed by atoms with E-state index in [-0.39, 0.29) is 36.0 Å². The number of aryl methyl sites for hydroxylation is 1. The van der Waals surface area contributed by atoms with E-state index >= 15 is 0 Å². The van der Waals surface area contributed by atoms with E-state index in [1.807, 2.05) is 28.2 Å². The van der Waals surface area contributed by atoms with Gasteiger partial charge >= 0.3 is 5.97 Å². The van der Waals surface area contributed by atoms with Crippen LogP contribution in [0.3, 0.4) is 0 Å². The fraction of sp³-hybridized carbons (Fsp3) is 0.317. The first kappa shape index (κ1) is 39.5. The minimum Gasteiger partial charge on any atom is -0.478 e. The number of amides is 1. The molecular formula is C41H46N5O7Si+. The van der Waals surface area contributed by atoms with Gasteiger partial charge in [-0.25, -0.2) is 14.2 Å². The lowest BCUT2D eigenvalue weighted by Crippen LogP contribution is -2.49. The molecule has 3 aromatic carbocycles. The average molecular weight is 749 g/mol. The molecule has 0 atom stereocenters. The molecule has 12 nitrogen and oxygen atoms in total. The maximum atomic E-state index is 13.4. The normalized spacial score (nSPS) is 14.1. The predicted molar refractivity (Wildman–Crippen MR) is 213 cm³/mol. The Labute approximate surface area is 316 Å². The number of hydrogen-bond donors (Lipinski definition) is 2. The Hall–Kier alpha value is -5.68.